The molecule has 0 saturated carbocycles. The monoisotopic (exact) mass is 343 g/mol. The first-order valence-electron chi connectivity index (χ1n) is 5.53. The highest BCUT2D eigenvalue weighted by atomic mass is 35.5. The van der Waals surface area contributed by atoms with Crippen LogP contribution in [0, 0.1) is 0 Å². The Morgan fingerprint density at radius 2 is 1.60 bits per heavy atom. The highest BCUT2D eigenvalue weighted by Gasteiger charge is 2.22. The molecule has 0 saturated heterocycles. The van der Waals surface area contributed by atoms with E-state index in [1.165, 1.54) is 12.1 Å². The normalized spacial score (nSPS) is 11.9. The summed E-state index contributed by atoms with van der Waals surface area (Å²) in [5, 5.41) is 1.04. The van der Waals surface area contributed by atoms with Crippen LogP contribution in [0.25, 0.3) is 10.2 Å². The summed E-state index contributed by atoms with van der Waals surface area (Å²) in [6.07, 6.45) is 0. The summed E-state index contributed by atoms with van der Waals surface area (Å²) in [5.74, 6) is 0. The molecule has 0 N–H and O–H groups in total. The first-order valence-corrected chi connectivity index (χ1v) is 8.59. The topological polar surface area (TPSA) is 47.0 Å². The zero-order valence-corrected chi connectivity index (χ0v) is 13.0. The van der Waals surface area contributed by atoms with Gasteiger partial charge in [0.2, 0.25) is 14.2 Å². The van der Waals surface area contributed by atoms with Crippen LogP contribution in [0.2, 0.25) is 10.0 Å². The van der Waals surface area contributed by atoms with Gasteiger partial charge in [0.15, 0.2) is 0 Å². The molecular weight excluding hydrogens is 337 g/mol. The third-order valence-electron chi connectivity index (χ3n) is 2.68. The number of nitrogens with zero attached hydrogens (tertiary/aromatic N) is 1. The summed E-state index contributed by atoms with van der Waals surface area (Å²) >= 11 is 12.8. The molecule has 0 radical (unpaired) electrons. The van der Waals surface area contributed by atoms with Crippen molar-refractivity contribution in [2.45, 2.75) is 9.24 Å². The van der Waals surface area contributed by atoms with Gasteiger partial charge in [0, 0.05) is 10.0 Å². The molecule has 0 fully saturated rings. The summed E-state index contributed by atoms with van der Waals surface area (Å²) in [6.45, 7) is 0. The lowest BCUT2D eigenvalue weighted by Gasteiger charge is -2.00. The molecule has 2 aromatic carbocycles. The SMILES string of the molecule is O=S(=O)(c1ccc(Cl)cc1)c1nc2ccc(Cl)cc2s1. The minimum Gasteiger partial charge on any atom is -0.225 e. The Balaban J connectivity index is 2.15. The molecule has 0 aliphatic heterocycles. The van der Waals surface area contributed by atoms with Gasteiger partial charge in [0.1, 0.15) is 0 Å². The van der Waals surface area contributed by atoms with Gasteiger partial charge in [0.05, 0.1) is 15.1 Å². The smallest absolute Gasteiger partial charge is 0.225 e. The standard InChI is InChI=1S/C13H7Cl2NO2S2/c14-8-1-4-10(5-2-8)20(17,18)13-16-11-6-3-9(15)7-12(11)19-13/h1-7H. The lowest BCUT2D eigenvalue weighted by Crippen LogP contribution is -2.00. The molecule has 102 valence electrons. The average molecular weight is 344 g/mol. The lowest BCUT2D eigenvalue weighted by molar-refractivity contribution is 0.595. The summed E-state index contributed by atoms with van der Waals surface area (Å²) in [5.41, 5.74) is 0.618. The van der Waals surface area contributed by atoms with E-state index in [1.807, 2.05) is 0 Å². The average Bonchev–Trinajstić information content (AvgIpc) is 2.83. The summed E-state index contributed by atoms with van der Waals surface area (Å²) in [4.78, 5) is 4.34. The lowest BCUT2D eigenvalue weighted by atomic mass is 10.3. The number of benzene rings is 2. The van der Waals surface area contributed by atoms with E-state index in [-0.39, 0.29) is 9.24 Å². The van der Waals surface area contributed by atoms with E-state index < -0.39 is 9.84 Å². The van der Waals surface area contributed by atoms with E-state index in [0.29, 0.717) is 15.6 Å². The molecule has 0 aliphatic carbocycles. The fourth-order valence-electron chi connectivity index (χ4n) is 1.71. The van der Waals surface area contributed by atoms with Crippen molar-refractivity contribution in [1.82, 2.24) is 4.98 Å². The zero-order valence-electron chi connectivity index (χ0n) is 9.88. The third kappa shape index (κ3) is 2.42. The van der Waals surface area contributed by atoms with Gasteiger partial charge in [-0.05, 0) is 42.5 Å². The van der Waals surface area contributed by atoms with Crippen molar-refractivity contribution >= 4 is 54.6 Å². The number of thiazole rings is 1. The van der Waals surface area contributed by atoms with Crippen molar-refractivity contribution in [3.8, 4) is 0 Å². The summed E-state index contributed by atoms with van der Waals surface area (Å²) in [6, 6.07) is 11.1. The van der Waals surface area contributed by atoms with Gasteiger partial charge in [-0.2, -0.15) is 0 Å². The molecule has 3 rings (SSSR count). The Bertz CT molecular complexity index is 886. The van der Waals surface area contributed by atoms with Gasteiger partial charge in [-0.3, -0.25) is 0 Å². The van der Waals surface area contributed by atoms with E-state index in [2.05, 4.69) is 4.98 Å². The molecule has 0 amide bonds. The predicted octanol–water partition coefficient (Wildman–Crippen LogP) is 4.44. The van der Waals surface area contributed by atoms with Crippen LogP contribution >= 0.6 is 34.5 Å². The number of rotatable bonds is 2. The quantitative estimate of drug-likeness (QED) is 0.691. The number of fused-ring (bicyclic) bond motifs is 1. The number of sulfone groups is 1. The Kier molecular flexibility index (Phi) is 3.46. The Hall–Kier alpha value is -1.14. The van der Waals surface area contributed by atoms with Crippen LogP contribution in [0.15, 0.2) is 51.7 Å². The number of halogens is 2. The first kappa shape index (κ1) is 13.8. The minimum absolute atomic E-state index is 0.0529. The Morgan fingerprint density at radius 3 is 2.30 bits per heavy atom. The van der Waals surface area contributed by atoms with E-state index in [1.54, 1.807) is 30.3 Å². The van der Waals surface area contributed by atoms with Crippen LogP contribution in [0.3, 0.4) is 0 Å². The molecule has 3 aromatic rings. The molecular formula is C13H7Cl2NO2S2. The molecule has 0 atom stereocenters. The van der Waals surface area contributed by atoms with Gasteiger partial charge >= 0.3 is 0 Å². The second-order valence-electron chi connectivity index (χ2n) is 4.05. The fourth-order valence-corrected chi connectivity index (χ4v) is 4.72. The van der Waals surface area contributed by atoms with Crippen LogP contribution in [0.4, 0.5) is 0 Å². The van der Waals surface area contributed by atoms with Crippen LogP contribution in [0.1, 0.15) is 0 Å². The van der Waals surface area contributed by atoms with Gasteiger partial charge in [0.25, 0.3) is 0 Å². The molecule has 3 nitrogen and oxygen atoms in total. The third-order valence-corrected chi connectivity index (χ3v) is 6.34. The maximum Gasteiger partial charge on any atom is 0.233 e. The molecule has 0 aliphatic rings. The Labute approximate surface area is 129 Å². The number of aromatic nitrogens is 1. The highest BCUT2D eigenvalue weighted by Crippen LogP contribution is 2.31. The maximum absolute atomic E-state index is 12.5. The van der Waals surface area contributed by atoms with Crippen molar-refractivity contribution in [1.29, 1.82) is 0 Å². The predicted molar refractivity (Wildman–Crippen MR) is 81.5 cm³/mol. The minimum atomic E-state index is -3.62. The summed E-state index contributed by atoms with van der Waals surface area (Å²) < 4.78 is 25.7. The molecule has 7 heteroatoms. The van der Waals surface area contributed by atoms with Crippen LogP contribution in [-0.4, -0.2) is 13.4 Å². The van der Waals surface area contributed by atoms with E-state index in [9.17, 15) is 8.42 Å². The molecule has 1 heterocycles. The molecule has 1 aromatic heterocycles. The molecule has 0 spiro atoms. The fraction of sp³-hybridized carbons (Fsp3) is 0. The van der Waals surface area contributed by atoms with Crippen LogP contribution in [0.5, 0.6) is 0 Å². The van der Waals surface area contributed by atoms with Gasteiger partial charge in [-0.15, -0.1) is 11.3 Å². The molecule has 20 heavy (non-hydrogen) atoms. The highest BCUT2D eigenvalue weighted by molar-refractivity contribution is 7.93. The van der Waals surface area contributed by atoms with Gasteiger partial charge < -0.3 is 0 Å². The van der Waals surface area contributed by atoms with Crippen molar-refractivity contribution in [3.63, 3.8) is 0 Å². The van der Waals surface area contributed by atoms with Crippen LogP contribution < -0.4 is 0 Å². The van der Waals surface area contributed by atoms with Gasteiger partial charge in [-0.1, -0.05) is 23.2 Å². The second-order valence-corrected chi connectivity index (χ2v) is 8.08. The number of hydrogen-bond acceptors (Lipinski definition) is 4. The maximum atomic E-state index is 12.5. The first-order chi connectivity index (χ1) is 9.46. The largest absolute Gasteiger partial charge is 0.233 e. The molecule has 0 bridgehead atoms. The zero-order chi connectivity index (χ0) is 14.3. The van der Waals surface area contributed by atoms with E-state index in [4.69, 9.17) is 23.2 Å². The van der Waals surface area contributed by atoms with Crippen molar-refractivity contribution in [2.75, 3.05) is 0 Å². The van der Waals surface area contributed by atoms with Crippen molar-refractivity contribution in [2.24, 2.45) is 0 Å². The van der Waals surface area contributed by atoms with E-state index >= 15 is 0 Å². The molecule has 0 unspecified atom stereocenters. The van der Waals surface area contributed by atoms with Gasteiger partial charge in [-0.25, -0.2) is 13.4 Å². The van der Waals surface area contributed by atoms with E-state index in [0.717, 1.165) is 16.0 Å². The van der Waals surface area contributed by atoms with Crippen LogP contribution in [-0.2, 0) is 9.84 Å². The second kappa shape index (κ2) is 5.00. The van der Waals surface area contributed by atoms with Crippen molar-refractivity contribution in [3.05, 3.63) is 52.5 Å². The summed E-state index contributed by atoms with van der Waals surface area (Å²) in [7, 11) is -3.62. The Morgan fingerprint density at radius 1 is 0.950 bits per heavy atom. The number of hydrogen-bond donors (Lipinski definition) is 0. The van der Waals surface area contributed by atoms with Crippen molar-refractivity contribution < 1.29 is 8.42 Å².